The molecule has 0 unspecified atom stereocenters. The Morgan fingerprint density at radius 1 is 1.27 bits per heavy atom. The number of aldehydes is 2. The van der Waals surface area contributed by atoms with Crippen molar-refractivity contribution >= 4 is 12.6 Å². The number of hydrogen-bond donors (Lipinski definition) is 0. The lowest BCUT2D eigenvalue weighted by Gasteiger charge is -2.09. The second kappa shape index (κ2) is 5.34. The van der Waals surface area contributed by atoms with Gasteiger partial charge in [0, 0.05) is 17.5 Å². The molecule has 0 saturated heterocycles. The van der Waals surface area contributed by atoms with E-state index in [1.807, 2.05) is 0 Å². The molecule has 0 aliphatic rings. The van der Waals surface area contributed by atoms with Crippen LogP contribution in [0.4, 0.5) is 8.78 Å². The predicted molar refractivity (Wildman–Crippen MR) is 51.2 cm³/mol. The topological polar surface area (TPSA) is 34.1 Å². The van der Waals surface area contributed by atoms with E-state index in [0.29, 0.717) is 12.6 Å². The molecular weight excluding hydrogens is 202 g/mol. The first-order chi connectivity index (χ1) is 7.20. The molecule has 0 aromatic heterocycles. The van der Waals surface area contributed by atoms with Crippen LogP contribution in [-0.2, 0) is 11.2 Å². The number of halogens is 2. The van der Waals surface area contributed by atoms with Crippen LogP contribution in [-0.4, -0.2) is 12.6 Å². The van der Waals surface area contributed by atoms with Crippen molar-refractivity contribution in [1.82, 2.24) is 0 Å². The van der Waals surface area contributed by atoms with Gasteiger partial charge in [-0.05, 0) is 12.0 Å². The Bertz CT molecular complexity index is 362. The third-order valence-corrected chi connectivity index (χ3v) is 2.12. The summed E-state index contributed by atoms with van der Waals surface area (Å²) in [6.07, 6.45) is -1.11. The third kappa shape index (κ3) is 2.68. The molecule has 0 aliphatic carbocycles. The van der Waals surface area contributed by atoms with Gasteiger partial charge in [-0.1, -0.05) is 18.2 Å². The van der Waals surface area contributed by atoms with E-state index in [4.69, 9.17) is 0 Å². The lowest BCUT2D eigenvalue weighted by molar-refractivity contribution is -0.107. The first kappa shape index (κ1) is 11.5. The highest BCUT2D eigenvalue weighted by Crippen LogP contribution is 2.25. The minimum absolute atomic E-state index is 0.143. The molecule has 0 heterocycles. The zero-order chi connectivity index (χ0) is 11.3. The summed E-state index contributed by atoms with van der Waals surface area (Å²) in [5, 5.41) is 0. The number of benzene rings is 1. The normalized spacial score (nSPS) is 10.3. The molecule has 0 aliphatic heterocycles. The molecule has 0 N–H and O–H groups in total. The zero-order valence-corrected chi connectivity index (χ0v) is 7.95. The predicted octanol–water partition coefficient (Wildman–Crippen LogP) is 2.57. The maximum atomic E-state index is 12.6. The van der Waals surface area contributed by atoms with Gasteiger partial charge in [-0.15, -0.1) is 0 Å². The van der Waals surface area contributed by atoms with E-state index in [9.17, 15) is 18.4 Å². The fourth-order valence-electron chi connectivity index (χ4n) is 1.43. The van der Waals surface area contributed by atoms with Crippen molar-refractivity contribution in [2.24, 2.45) is 0 Å². The molecule has 0 bridgehead atoms. The smallest absolute Gasteiger partial charge is 0.264 e. The van der Waals surface area contributed by atoms with Crippen molar-refractivity contribution in [3.05, 3.63) is 34.9 Å². The molecule has 0 radical (unpaired) electrons. The maximum absolute atomic E-state index is 12.6. The van der Waals surface area contributed by atoms with E-state index in [1.165, 1.54) is 18.2 Å². The summed E-state index contributed by atoms with van der Waals surface area (Å²) in [4.78, 5) is 20.8. The summed E-state index contributed by atoms with van der Waals surface area (Å²) in [7, 11) is 0. The number of rotatable bonds is 5. The minimum Gasteiger partial charge on any atom is -0.303 e. The molecule has 4 heteroatoms. The van der Waals surface area contributed by atoms with Crippen LogP contribution in [0.5, 0.6) is 0 Å². The van der Waals surface area contributed by atoms with Crippen molar-refractivity contribution in [1.29, 1.82) is 0 Å². The zero-order valence-electron chi connectivity index (χ0n) is 7.95. The van der Waals surface area contributed by atoms with E-state index >= 15 is 0 Å². The van der Waals surface area contributed by atoms with Gasteiger partial charge >= 0.3 is 0 Å². The van der Waals surface area contributed by atoms with Crippen LogP contribution in [0, 0.1) is 0 Å². The average Bonchev–Trinajstić information content (AvgIpc) is 2.25. The number of alkyl halides is 2. The molecular formula is C11H10F2O2. The van der Waals surface area contributed by atoms with Gasteiger partial charge in [0.2, 0.25) is 0 Å². The molecule has 80 valence electrons. The van der Waals surface area contributed by atoms with E-state index in [0.717, 1.165) is 0 Å². The van der Waals surface area contributed by atoms with E-state index in [2.05, 4.69) is 0 Å². The van der Waals surface area contributed by atoms with E-state index in [1.54, 1.807) is 0 Å². The van der Waals surface area contributed by atoms with Crippen molar-refractivity contribution in [2.45, 2.75) is 19.3 Å². The van der Waals surface area contributed by atoms with E-state index in [-0.39, 0.29) is 29.5 Å². The SMILES string of the molecule is O=CCCc1c(C=O)cccc1C(F)F. The lowest BCUT2D eigenvalue weighted by Crippen LogP contribution is -2.00. The fraction of sp³-hybridized carbons (Fsp3) is 0.273. The summed E-state index contributed by atoms with van der Waals surface area (Å²) < 4.78 is 25.1. The van der Waals surface area contributed by atoms with Crippen LogP contribution >= 0.6 is 0 Å². The summed E-state index contributed by atoms with van der Waals surface area (Å²) in [6.45, 7) is 0. The van der Waals surface area contributed by atoms with Crippen LogP contribution in [0.3, 0.4) is 0 Å². The van der Waals surface area contributed by atoms with Crippen molar-refractivity contribution in [2.75, 3.05) is 0 Å². The maximum Gasteiger partial charge on any atom is 0.264 e. The van der Waals surface area contributed by atoms with Gasteiger partial charge in [0.25, 0.3) is 6.43 Å². The summed E-state index contributed by atoms with van der Waals surface area (Å²) in [6, 6.07) is 4.16. The molecule has 0 spiro atoms. The average molecular weight is 212 g/mol. The van der Waals surface area contributed by atoms with Crippen LogP contribution in [0.15, 0.2) is 18.2 Å². The van der Waals surface area contributed by atoms with Crippen molar-refractivity contribution in [3.63, 3.8) is 0 Å². The molecule has 1 rings (SSSR count). The summed E-state index contributed by atoms with van der Waals surface area (Å²) >= 11 is 0. The molecule has 15 heavy (non-hydrogen) atoms. The Balaban J connectivity index is 3.13. The largest absolute Gasteiger partial charge is 0.303 e. The highest BCUT2D eigenvalue weighted by Gasteiger charge is 2.15. The number of carbonyl (C=O) groups is 2. The van der Waals surface area contributed by atoms with Crippen molar-refractivity contribution < 1.29 is 18.4 Å². The Morgan fingerprint density at radius 2 is 2.00 bits per heavy atom. The van der Waals surface area contributed by atoms with Gasteiger partial charge < -0.3 is 4.79 Å². The van der Waals surface area contributed by atoms with Crippen LogP contribution in [0.2, 0.25) is 0 Å². The molecule has 1 aromatic carbocycles. The van der Waals surface area contributed by atoms with Gasteiger partial charge in [-0.25, -0.2) is 8.78 Å². The quantitative estimate of drug-likeness (QED) is 0.703. The van der Waals surface area contributed by atoms with Gasteiger partial charge in [0.05, 0.1) is 0 Å². The fourth-order valence-corrected chi connectivity index (χ4v) is 1.43. The minimum atomic E-state index is -2.62. The van der Waals surface area contributed by atoms with Crippen LogP contribution < -0.4 is 0 Å². The van der Waals surface area contributed by atoms with Gasteiger partial charge in [0.15, 0.2) is 0 Å². The highest BCUT2D eigenvalue weighted by molar-refractivity contribution is 5.78. The first-order valence-corrected chi connectivity index (χ1v) is 4.49. The molecule has 0 amide bonds. The molecule has 0 atom stereocenters. The Kier molecular flexibility index (Phi) is 4.09. The number of carbonyl (C=O) groups excluding carboxylic acids is 2. The monoisotopic (exact) mass is 212 g/mol. The van der Waals surface area contributed by atoms with Crippen LogP contribution in [0.25, 0.3) is 0 Å². The highest BCUT2D eigenvalue weighted by atomic mass is 19.3. The van der Waals surface area contributed by atoms with Gasteiger partial charge in [0.1, 0.15) is 12.6 Å². The Morgan fingerprint density at radius 3 is 2.53 bits per heavy atom. The second-order valence-electron chi connectivity index (χ2n) is 3.04. The van der Waals surface area contributed by atoms with Gasteiger partial charge in [-0.3, -0.25) is 4.79 Å². The summed E-state index contributed by atoms with van der Waals surface area (Å²) in [5.41, 5.74) is 0.339. The molecule has 2 nitrogen and oxygen atoms in total. The molecule has 0 saturated carbocycles. The first-order valence-electron chi connectivity index (χ1n) is 4.49. The van der Waals surface area contributed by atoms with Crippen molar-refractivity contribution in [3.8, 4) is 0 Å². The van der Waals surface area contributed by atoms with Crippen LogP contribution in [0.1, 0.15) is 34.3 Å². The number of hydrogen-bond acceptors (Lipinski definition) is 2. The van der Waals surface area contributed by atoms with Gasteiger partial charge in [-0.2, -0.15) is 0 Å². The third-order valence-electron chi connectivity index (χ3n) is 2.12. The summed E-state index contributed by atoms with van der Waals surface area (Å²) in [5.74, 6) is 0. The second-order valence-corrected chi connectivity index (χ2v) is 3.04. The molecule has 0 fully saturated rings. The Labute approximate surface area is 85.9 Å². The lowest BCUT2D eigenvalue weighted by atomic mass is 9.98. The standard InChI is InChI=1S/C11H10F2O2/c12-11(13)10-4-1-3-8(7-15)9(10)5-2-6-14/h1,3-4,6-7,11H,2,5H2. The Hall–Kier alpha value is -1.58. The molecule has 1 aromatic rings. The van der Waals surface area contributed by atoms with E-state index < -0.39 is 6.43 Å².